The Morgan fingerprint density at radius 3 is 2.71 bits per heavy atom. The van der Waals surface area contributed by atoms with Crippen molar-refractivity contribution in [3.05, 3.63) is 69.4 Å². The molecule has 124 valence electrons. The molecule has 0 aliphatic rings. The molecule has 0 saturated heterocycles. The van der Waals surface area contributed by atoms with Gasteiger partial charge in [0.2, 0.25) is 0 Å². The van der Waals surface area contributed by atoms with Crippen molar-refractivity contribution in [3.8, 4) is 0 Å². The van der Waals surface area contributed by atoms with Crippen LogP contribution in [0, 0.1) is 0 Å². The number of aromatic nitrogens is 4. The molecule has 1 aromatic carbocycles. The number of aromatic amines is 1. The molecule has 0 unspecified atom stereocenters. The SMILES string of the molecule is C=CCSc1nn(CCc2ccccc2)c2c(=O)[nH]c(=O)n(C)c12. The minimum absolute atomic E-state index is 0.404. The van der Waals surface area contributed by atoms with Crippen LogP contribution in [0.3, 0.4) is 0 Å². The van der Waals surface area contributed by atoms with Gasteiger partial charge in [-0.25, -0.2) is 4.79 Å². The van der Waals surface area contributed by atoms with Crippen molar-refractivity contribution in [1.29, 1.82) is 0 Å². The van der Waals surface area contributed by atoms with E-state index in [1.54, 1.807) is 17.8 Å². The molecule has 0 amide bonds. The molecule has 3 rings (SSSR count). The molecule has 7 heteroatoms. The Labute approximate surface area is 142 Å². The maximum atomic E-state index is 12.3. The Morgan fingerprint density at radius 2 is 2.00 bits per heavy atom. The summed E-state index contributed by atoms with van der Waals surface area (Å²) in [6.45, 7) is 4.27. The van der Waals surface area contributed by atoms with Gasteiger partial charge >= 0.3 is 5.69 Å². The quantitative estimate of drug-likeness (QED) is 0.549. The first-order valence-electron chi connectivity index (χ1n) is 7.59. The average molecular weight is 342 g/mol. The molecule has 0 aliphatic carbocycles. The van der Waals surface area contributed by atoms with Crippen LogP contribution in [0.4, 0.5) is 0 Å². The van der Waals surface area contributed by atoms with E-state index >= 15 is 0 Å². The lowest BCUT2D eigenvalue weighted by Crippen LogP contribution is -2.29. The largest absolute Gasteiger partial charge is 0.328 e. The Morgan fingerprint density at radius 1 is 1.25 bits per heavy atom. The lowest BCUT2D eigenvalue weighted by atomic mass is 10.1. The highest BCUT2D eigenvalue weighted by Gasteiger charge is 2.17. The van der Waals surface area contributed by atoms with E-state index in [0.29, 0.717) is 28.4 Å². The normalized spacial score (nSPS) is 11.0. The maximum absolute atomic E-state index is 12.3. The van der Waals surface area contributed by atoms with Crippen LogP contribution >= 0.6 is 11.8 Å². The third-order valence-corrected chi connectivity index (χ3v) is 4.72. The minimum atomic E-state index is -0.435. The van der Waals surface area contributed by atoms with E-state index in [0.717, 1.165) is 6.42 Å². The van der Waals surface area contributed by atoms with E-state index in [2.05, 4.69) is 16.7 Å². The first-order chi connectivity index (χ1) is 11.6. The second-order valence-corrected chi connectivity index (χ2v) is 6.39. The zero-order valence-corrected chi connectivity index (χ0v) is 14.2. The number of nitrogens with zero attached hydrogens (tertiary/aromatic N) is 3. The van der Waals surface area contributed by atoms with Gasteiger partial charge in [0.05, 0.1) is 0 Å². The van der Waals surface area contributed by atoms with E-state index < -0.39 is 11.2 Å². The molecular weight excluding hydrogens is 324 g/mol. The molecule has 2 heterocycles. The van der Waals surface area contributed by atoms with Crippen molar-refractivity contribution >= 4 is 22.8 Å². The summed E-state index contributed by atoms with van der Waals surface area (Å²) in [5.74, 6) is 0.659. The van der Waals surface area contributed by atoms with Crippen molar-refractivity contribution in [1.82, 2.24) is 19.3 Å². The number of hydrogen-bond acceptors (Lipinski definition) is 4. The van der Waals surface area contributed by atoms with Gasteiger partial charge in [-0.1, -0.05) is 48.2 Å². The van der Waals surface area contributed by atoms with Gasteiger partial charge in [0.1, 0.15) is 10.5 Å². The van der Waals surface area contributed by atoms with E-state index in [4.69, 9.17) is 0 Å². The Balaban J connectivity index is 2.07. The minimum Gasteiger partial charge on any atom is -0.292 e. The molecule has 0 spiro atoms. The molecule has 2 aromatic heterocycles. The van der Waals surface area contributed by atoms with Crippen LogP contribution in [-0.4, -0.2) is 25.1 Å². The number of H-pyrrole nitrogens is 1. The van der Waals surface area contributed by atoms with Gasteiger partial charge in [0, 0.05) is 19.3 Å². The van der Waals surface area contributed by atoms with Crippen molar-refractivity contribution in [2.75, 3.05) is 5.75 Å². The van der Waals surface area contributed by atoms with Gasteiger partial charge in [0.25, 0.3) is 5.56 Å². The molecule has 0 fully saturated rings. The number of thioether (sulfide) groups is 1. The number of hydrogen-bond donors (Lipinski definition) is 1. The van der Waals surface area contributed by atoms with Gasteiger partial charge in [-0.15, -0.1) is 6.58 Å². The fourth-order valence-corrected chi connectivity index (χ4v) is 3.38. The molecule has 0 bridgehead atoms. The second-order valence-electron chi connectivity index (χ2n) is 5.38. The smallest absolute Gasteiger partial charge is 0.292 e. The molecule has 1 N–H and O–H groups in total. The summed E-state index contributed by atoms with van der Waals surface area (Å²) >= 11 is 1.46. The lowest BCUT2D eigenvalue weighted by molar-refractivity contribution is 0.617. The Kier molecular flexibility index (Phi) is 4.71. The predicted octanol–water partition coefficient (Wildman–Crippen LogP) is 1.94. The first kappa shape index (κ1) is 16.3. The highest BCUT2D eigenvalue weighted by molar-refractivity contribution is 7.99. The summed E-state index contributed by atoms with van der Waals surface area (Å²) in [6, 6.07) is 10.0. The number of nitrogens with one attached hydrogen (secondary N) is 1. The third-order valence-electron chi connectivity index (χ3n) is 3.77. The Bertz CT molecular complexity index is 985. The third kappa shape index (κ3) is 3.07. The van der Waals surface area contributed by atoms with Crippen LogP contribution in [0.2, 0.25) is 0 Å². The number of benzene rings is 1. The van der Waals surface area contributed by atoms with Crippen molar-refractivity contribution in [3.63, 3.8) is 0 Å². The van der Waals surface area contributed by atoms with Gasteiger partial charge < -0.3 is 0 Å². The van der Waals surface area contributed by atoms with Crippen molar-refractivity contribution in [2.24, 2.45) is 7.05 Å². The molecule has 3 aromatic rings. The average Bonchev–Trinajstić information content (AvgIpc) is 2.96. The van der Waals surface area contributed by atoms with Crippen LogP contribution in [0.1, 0.15) is 5.56 Å². The van der Waals surface area contributed by atoms with Crippen LogP contribution in [-0.2, 0) is 20.0 Å². The second kappa shape index (κ2) is 6.92. The molecule has 0 radical (unpaired) electrons. The van der Waals surface area contributed by atoms with E-state index in [9.17, 15) is 9.59 Å². The number of fused-ring (bicyclic) bond motifs is 1. The summed E-state index contributed by atoms with van der Waals surface area (Å²) in [5.41, 5.74) is 1.33. The number of aryl methyl sites for hydroxylation is 3. The summed E-state index contributed by atoms with van der Waals surface area (Å²) in [6.07, 6.45) is 2.52. The number of rotatable bonds is 6. The predicted molar refractivity (Wildman–Crippen MR) is 96.7 cm³/mol. The van der Waals surface area contributed by atoms with E-state index in [-0.39, 0.29) is 0 Å². The summed E-state index contributed by atoms with van der Waals surface area (Å²) in [7, 11) is 1.64. The molecule has 6 nitrogen and oxygen atoms in total. The monoisotopic (exact) mass is 342 g/mol. The molecule has 0 atom stereocenters. The standard InChI is InChI=1S/C17H18N4O2S/c1-3-11-24-16-14-13(15(22)18-17(23)20(14)2)21(19-16)10-9-12-7-5-4-6-8-12/h3-8H,1,9-11H2,2H3,(H,18,22,23). The van der Waals surface area contributed by atoms with Crippen LogP contribution in [0.15, 0.2) is 57.6 Å². The highest BCUT2D eigenvalue weighted by Crippen LogP contribution is 2.24. The van der Waals surface area contributed by atoms with Gasteiger partial charge in [0.15, 0.2) is 5.52 Å². The summed E-state index contributed by atoms with van der Waals surface area (Å²) < 4.78 is 3.13. The van der Waals surface area contributed by atoms with Crippen LogP contribution < -0.4 is 11.2 Å². The van der Waals surface area contributed by atoms with Crippen LogP contribution in [0.25, 0.3) is 11.0 Å². The Hall–Kier alpha value is -2.54. The van der Waals surface area contributed by atoms with Gasteiger partial charge in [-0.05, 0) is 12.0 Å². The molecule has 24 heavy (non-hydrogen) atoms. The first-order valence-corrected chi connectivity index (χ1v) is 8.58. The summed E-state index contributed by atoms with van der Waals surface area (Å²) in [5, 5.41) is 5.23. The topological polar surface area (TPSA) is 72.7 Å². The molecular formula is C17H18N4O2S. The van der Waals surface area contributed by atoms with E-state index in [1.165, 1.54) is 21.9 Å². The maximum Gasteiger partial charge on any atom is 0.328 e. The molecule has 0 saturated carbocycles. The summed E-state index contributed by atoms with van der Waals surface area (Å²) in [4.78, 5) is 26.6. The lowest BCUT2D eigenvalue weighted by Gasteiger charge is -2.04. The van der Waals surface area contributed by atoms with E-state index in [1.807, 2.05) is 30.3 Å². The highest BCUT2D eigenvalue weighted by atomic mass is 32.2. The van der Waals surface area contributed by atoms with Gasteiger partial charge in [-0.3, -0.25) is 19.0 Å². The van der Waals surface area contributed by atoms with Crippen molar-refractivity contribution < 1.29 is 0 Å². The zero-order valence-electron chi connectivity index (χ0n) is 13.4. The van der Waals surface area contributed by atoms with Crippen molar-refractivity contribution in [2.45, 2.75) is 18.0 Å². The molecule has 0 aliphatic heterocycles. The zero-order chi connectivity index (χ0) is 17.1. The fourth-order valence-electron chi connectivity index (χ4n) is 2.58. The van der Waals surface area contributed by atoms with Gasteiger partial charge in [-0.2, -0.15) is 5.10 Å². The fraction of sp³-hybridized carbons (Fsp3) is 0.235. The van der Waals surface area contributed by atoms with Crippen LogP contribution in [0.5, 0.6) is 0 Å².